The van der Waals surface area contributed by atoms with Crippen molar-refractivity contribution >= 4 is 0 Å². The molecule has 0 aromatic heterocycles. The third kappa shape index (κ3) is 2.35. The monoisotopic (exact) mass is 300 g/mol. The van der Waals surface area contributed by atoms with Gasteiger partial charge < -0.3 is 4.74 Å². The second kappa shape index (κ2) is 4.72. The molecular weight excluding hydrogens is 272 g/mol. The lowest BCUT2D eigenvalue weighted by molar-refractivity contribution is -0.194. The van der Waals surface area contributed by atoms with Crippen molar-refractivity contribution in [2.75, 3.05) is 26.2 Å². The first-order chi connectivity index (χ1) is 10.4. The highest BCUT2D eigenvalue weighted by molar-refractivity contribution is 5.30. The van der Waals surface area contributed by atoms with Crippen molar-refractivity contribution in [1.29, 1.82) is 0 Å². The molecule has 4 aliphatic heterocycles. The minimum Gasteiger partial charge on any atom is -0.491 e. The minimum atomic E-state index is 0.236. The van der Waals surface area contributed by atoms with Gasteiger partial charge >= 0.3 is 0 Å². The molecule has 3 nitrogen and oxygen atoms in total. The summed E-state index contributed by atoms with van der Waals surface area (Å²) in [5.41, 5.74) is 2.40. The van der Waals surface area contributed by atoms with E-state index >= 15 is 0 Å². The standard InChI is InChI=1S/C19H28N2O/c1-14(2)22-16-7-5-15(6-8-16)17-20-10-18(3)9-19(4,12-20)13-21(17)11-18/h5-8,14,17H,9-13H2,1-4H3. The molecule has 0 unspecified atom stereocenters. The fraction of sp³-hybridized carbons (Fsp3) is 0.684. The van der Waals surface area contributed by atoms with E-state index in [0.29, 0.717) is 17.0 Å². The molecule has 0 spiro atoms. The molecule has 4 fully saturated rings. The van der Waals surface area contributed by atoms with Crippen molar-refractivity contribution in [3.63, 3.8) is 0 Å². The number of piperidine rings is 2. The van der Waals surface area contributed by atoms with E-state index in [2.05, 4.69) is 61.8 Å². The Labute approximate surface area is 134 Å². The van der Waals surface area contributed by atoms with Gasteiger partial charge in [-0.2, -0.15) is 0 Å². The topological polar surface area (TPSA) is 15.7 Å². The maximum Gasteiger partial charge on any atom is 0.119 e. The number of ether oxygens (including phenoxy) is 1. The SMILES string of the molecule is CC(C)Oc1ccc(C2N3CC4(C)CN2CC(C)(C3)C4)cc1. The van der Waals surface area contributed by atoms with E-state index in [1.54, 1.807) is 0 Å². The summed E-state index contributed by atoms with van der Waals surface area (Å²) in [6.45, 7) is 14.1. The molecule has 3 heteroatoms. The van der Waals surface area contributed by atoms with E-state index in [0.717, 1.165) is 5.75 Å². The lowest BCUT2D eigenvalue weighted by Crippen LogP contribution is -2.70. The molecule has 0 N–H and O–H groups in total. The molecule has 1 aromatic carbocycles. The molecule has 0 atom stereocenters. The Kier molecular flexibility index (Phi) is 3.11. The molecule has 5 rings (SSSR count). The first-order valence-corrected chi connectivity index (χ1v) is 8.61. The summed E-state index contributed by atoms with van der Waals surface area (Å²) in [6.07, 6.45) is 2.09. The fourth-order valence-electron chi connectivity index (χ4n) is 5.42. The van der Waals surface area contributed by atoms with E-state index in [9.17, 15) is 0 Å². The van der Waals surface area contributed by atoms with Crippen molar-refractivity contribution in [2.45, 2.75) is 46.4 Å². The molecule has 1 aromatic rings. The third-order valence-electron chi connectivity index (χ3n) is 5.43. The quantitative estimate of drug-likeness (QED) is 0.849. The van der Waals surface area contributed by atoms with Crippen LogP contribution in [0.15, 0.2) is 24.3 Å². The largest absolute Gasteiger partial charge is 0.491 e. The average molecular weight is 300 g/mol. The summed E-state index contributed by atoms with van der Waals surface area (Å²) in [5.74, 6) is 0.978. The highest BCUT2D eigenvalue weighted by Crippen LogP contribution is 2.54. The molecule has 120 valence electrons. The van der Waals surface area contributed by atoms with Crippen LogP contribution in [-0.4, -0.2) is 42.1 Å². The van der Waals surface area contributed by atoms with Crippen molar-refractivity contribution in [3.8, 4) is 5.75 Å². The number of hydrogen-bond acceptors (Lipinski definition) is 3. The number of benzene rings is 1. The maximum absolute atomic E-state index is 5.78. The van der Waals surface area contributed by atoms with E-state index in [1.165, 1.54) is 38.2 Å². The smallest absolute Gasteiger partial charge is 0.119 e. The van der Waals surface area contributed by atoms with Gasteiger partial charge in [-0.05, 0) is 48.8 Å². The molecule has 22 heavy (non-hydrogen) atoms. The summed E-state index contributed by atoms with van der Waals surface area (Å²) in [4.78, 5) is 5.41. The molecule has 0 radical (unpaired) electrons. The second-order valence-electron chi connectivity index (χ2n) is 8.72. The zero-order valence-electron chi connectivity index (χ0n) is 14.3. The van der Waals surface area contributed by atoms with Gasteiger partial charge in [0.1, 0.15) is 5.75 Å². The number of hydrogen-bond donors (Lipinski definition) is 0. The molecule has 4 saturated heterocycles. The van der Waals surface area contributed by atoms with Crippen LogP contribution in [0.3, 0.4) is 0 Å². The van der Waals surface area contributed by atoms with E-state index < -0.39 is 0 Å². The van der Waals surface area contributed by atoms with Crippen molar-refractivity contribution in [2.24, 2.45) is 10.8 Å². The highest BCUT2D eigenvalue weighted by atomic mass is 16.5. The lowest BCUT2D eigenvalue weighted by atomic mass is 9.63. The van der Waals surface area contributed by atoms with Crippen LogP contribution in [0.25, 0.3) is 0 Å². The third-order valence-corrected chi connectivity index (χ3v) is 5.43. The van der Waals surface area contributed by atoms with Crippen LogP contribution in [0.5, 0.6) is 5.75 Å². The average Bonchev–Trinajstić information content (AvgIpc) is 2.36. The molecule has 4 heterocycles. The zero-order valence-corrected chi connectivity index (χ0v) is 14.3. The van der Waals surface area contributed by atoms with Gasteiger partial charge in [-0.1, -0.05) is 26.0 Å². The molecule has 0 aliphatic carbocycles. The van der Waals surface area contributed by atoms with Gasteiger partial charge in [0.05, 0.1) is 12.3 Å². The number of nitrogens with zero attached hydrogens (tertiary/aromatic N) is 2. The summed E-state index contributed by atoms with van der Waals surface area (Å²) in [5, 5.41) is 0. The fourth-order valence-corrected chi connectivity index (χ4v) is 5.42. The van der Waals surface area contributed by atoms with Crippen LogP contribution in [0.4, 0.5) is 0 Å². The molecule has 4 aliphatic rings. The predicted molar refractivity (Wildman–Crippen MR) is 88.9 cm³/mol. The Morgan fingerprint density at radius 2 is 1.45 bits per heavy atom. The van der Waals surface area contributed by atoms with Gasteiger partial charge in [-0.15, -0.1) is 0 Å². The van der Waals surface area contributed by atoms with Crippen molar-refractivity contribution in [1.82, 2.24) is 9.80 Å². The van der Waals surface area contributed by atoms with Crippen molar-refractivity contribution in [3.05, 3.63) is 29.8 Å². The van der Waals surface area contributed by atoms with Crippen LogP contribution < -0.4 is 4.74 Å². The summed E-state index contributed by atoms with van der Waals surface area (Å²) in [6, 6.07) is 8.78. The van der Waals surface area contributed by atoms with Crippen LogP contribution in [0.1, 0.15) is 45.8 Å². The van der Waals surface area contributed by atoms with Crippen molar-refractivity contribution < 1.29 is 4.74 Å². The van der Waals surface area contributed by atoms with Gasteiger partial charge in [-0.25, -0.2) is 0 Å². The first-order valence-electron chi connectivity index (χ1n) is 8.61. The molecule has 4 bridgehead atoms. The Bertz CT molecular complexity index is 529. The van der Waals surface area contributed by atoms with Crippen LogP contribution in [0.2, 0.25) is 0 Å². The minimum absolute atomic E-state index is 0.236. The molecule has 0 amide bonds. The van der Waals surface area contributed by atoms with Gasteiger partial charge in [0, 0.05) is 26.2 Å². The predicted octanol–water partition coefficient (Wildman–Crippen LogP) is 3.52. The van der Waals surface area contributed by atoms with Gasteiger partial charge in [0.2, 0.25) is 0 Å². The van der Waals surface area contributed by atoms with Gasteiger partial charge in [0.15, 0.2) is 0 Å². The maximum atomic E-state index is 5.78. The summed E-state index contributed by atoms with van der Waals surface area (Å²) < 4.78 is 5.78. The van der Waals surface area contributed by atoms with Gasteiger partial charge in [0.25, 0.3) is 0 Å². The van der Waals surface area contributed by atoms with E-state index in [4.69, 9.17) is 4.74 Å². The molecule has 0 saturated carbocycles. The normalized spacial score (nSPS) is 42.9. The Balaban J connectivity index is 1.59. The van der Waals surface area contributed by atoms with Crippen LogP contribution >= 0.6 is 0 Å². The summed E-state index contributed by atoms with van der Waals surface area (Å²) >= 11 is 0. The van der Waals surface area contributed by atoms with E-state index in [-0.39, 0.29) is 6.10 Å². The first kappa shape index (κ1) is 14.5. The highest BCUT2D eigenvalue weighted by Gasteiger charge is 2.56. The zero-order chi connectivity index (χ0) is 15.5. The Hall–Kier alpha value is -1.06. The Morgan fingerprint density at radius 3 is 1.91 bits per heavy atom. The lowest BCUT2D eigenvalue weighted by Gasteiger charge is -2.66. The van der Waals surface area contributed by atoms with Crippen LogP contribution in [0, 0.1) is 10.8 Å². The van der Waals surface area contributed by atoms with E-state index in [1.807, 2.05) is 0 Å². The number of rotatable bonds is 3. The van der Waals surface area contributed by atoms with Gasteiger partial charge in [-0.3, -0.25) is 9.80 Å². The summed E-state index contributed by atoms with van der Waals surface area (Å²) in [7, 11) is 0. The van der Waals surface area contributed by atoms with Crippen LogP contribution in [-0.2, 0) is 0 Å². The molecular formula is C19H28N2O. The second-order valence-corrected chi connectivity index (χ2v) is 8.72. The Morgan fingerprint density at radius 1 is 0.955 bits per heavy atom.